The third-order valence-electron chi connectivity index (χ3n) is 5.03. The lowest BCUT2D eigenvalue weighted by molar-refractivity contribution is -0.116. The Labute approximate surface area is 207 Å². The number of nitrogens with two attached hydrogens (primary N) is 1. The Morgan fingerprint density at radius 1 is 0.861 bits per heavy atom. The second-order valence-electron chi connectivity index (χ2n) is 7.59. The summed E-state index contributed by atoms with van der Waals surface area (Å²) in [5, 5.41) is 5.89. The highest BCUT2D eigenvalue weighted by atomic mass is 32.2. The van der Waals surface area contributed by atoms with E-state index in [1.165, 1.54) is 26.4 Å². The molecule has 36 heavy (non-hydrogen) atoms. The fraction of sp³-hybridized carbons (Fsp3) is 0.125. The minimum absolute atomic E-state index is 0.00835. The van der Waals surface area contributed by atoms with Crippen molar-refractivity contribution < 1.29 is 22.7 Å². The third-order valence-corrected chi connectivity index (χ3v) is 6.36. The molecule has 12 heteroatoms. The van der Waals surface area contributed by atoms with Crippen LogP contribution < -0.4 is 30.6 Å². The van der Waals surface area contributed by atoms with Gasteiger partial charge in [0.05, 0.1) is 36.7 Å². The van der Waals surface area contributed by atoms with Gasteiger partial charge in [-0.05, 0) is 30.3 Å². The number of sulfonamides is 1. The summed E-state index contributed by atoms with van der Waals surface area (Å²) in [6.45, 7) is -0.134. The summed E-state index contributed by atoms with van der Waals surface area (Å²) in [5.41, 5.74) is 7.19. The van der Waals surface area contributed by atoms with Crippen LogP contribution in [-0.4, -0.2) is 45.1 Å². The van der Waals surface area contributed by atoms with Crippen LogP contribution in [0, 0.1) is 0 Å². The first-order valence-corrected chi connectivity index (χ1v) is 12.2. The Hall–Kier alpha value is -4.58. The van der Waals surface area contributed by atoms with Crippen molar-refractivity contribution in [3.8, 4) is 11.5 Å². The maximum absolute atomic E-state index is 13.3. The van der Waals surface area contributed by atoms with Crippen molar-refractivity contribution in [2.45, 2.75) is 4.90 Å². The Kier molecular flexibility index (Phi) is 7.06. The van der Waals surface area contributed by atoms with Crippen molar-refractivity contribution in [3.05, 3.63) is 66.7 Å². The average molecular weight is 509 g/mol. The Balaban J connectivity index is 1.72. The van der Waals surface area contributed by atoms with Crippen LogP contribution in [0.2, 0.25) is 0 Å². The number of aromatic nitrogens is 2. The number of hydrogen-bond acceptors (Lipinski definition) is 9. The minimum Gasteiger partial charge on any atom is -0.497 e. The molecule has 0 aliphatic heterocycles. The van der Waals surface area contributed by atoms with Crippen LogP contribution in [0.1, 0.15) is 0 Å². The van der Waals surface area contributed by atoms with Gasteiger partial charge in [-0.3, -0.25) is 9.52 Å². The van der Waals surface area contributed by atoms with Gasteiger partial charge in [0, 0.05) is 29.6 Å². The summed E-state index contributed by atoms with van der Waals surface area (Å²) in [6, 6.07) is 18.2. The predicted molar refractivity (Wildman–Crippen MR) is 137 cm³/mol. The number of amides is 1. The number of carbonyl (C=O) groups excluding carboxylic acids is 1. The molecular weight excluding hydrogens is 484 g/mol. The van der Waals surface area contributed by atoms with Gasteiger partial charge >= 0.3 is 0 Å². The molecule has 1 aromatic heterocycles. The Bertz CT molecular complexity index is 1500. The summed E-state index contributed by atoms with van der Waals surface area (Å²) >= 11 is 0. The number of nitrogens with zero attached hydrogens (tertiary/aromatic N) is 2. The zero-order valence-electron chi connectivity index (χ0n) is 19.5. The molecule has 186 valence electrons. The molecule has 0 aliphatic carbocycles. The van der Waals surface area contributed by atoms with E-state index in [0.717, 1.165) is 0 Å². The standard InChI is InChI=1S/C24H24N6O5S/c1-34-17-10-16(11-18(13-17)35-2)27-23-24(29-21-9-4-3-8-20(21)28-23)30-36(32,33)19-7-5-6-15(12-19)26-14-22(25)31/h3-13,26H,14H2,1-2H3,(H2,25,31)(H,27,28)(H,29,30). The van der Waals surface area contributed by atoms with Gasteiger partial charge < -0.3 is 25.8 Å². The van der Waals surface area contributed by atoms with Gasteiger partial charge in [-0.15, -0.1) is 0 Å². The number of fused-ring (bicyclic) bond motifs is 1. The fourth-order valence-electron chi connectivity index (χ4n) is 3.32. The number of para-hydroxylation sites is 2. The Morgan fingerprint density at radius 3 is 2.11 bits per heavy atom. The van der Waals surface area contributed by atoms with Gasteiger partial charge in [-0.25, -0.2) is 18.4 Å². The van der Waals surface area contributed by atoms with E-state index in [-0.39, 0.29) is 23.1 Å². The fourth-order valence-corrected chi connectivity index (χ4v) is 4.38. The zero-order valence-corrected chi connectivity index (χ0v) is 20.3. The SMILES string of the molecule is COc1cc(Nc2nc3ccccc3nc2NS(=O)(=O)c2cccc(NCC(N)=O)c2)cc(OC)c1. The average Bonchev–Trinajstić information content (AvgIpc) is 2.87. The van der Waals surface area contributed by atoms with Gasteiger partial charge in [0.1, 0.15) is 11.5 Å². The van der Waals surface area contributed by atoms with E-state index < -0.39 is 15.9 Å². The number of primary amides is 1. The molecule has 0 radical (unpaired) electrons. The molecule has 0 atom stereocenters. The minimum atomic E-state index is -4.08. The lowest BCUT2D eigenvalue weighted by Gasteiger charge is -2.15. The smallest absolute Gasteiger partial charge is 0.263 e. The molecule has 1 heterocycles. The van der Waals surface area contributed by atoms with Crippen molar-refractivity contribution in [3.63, 3.8) is 0 Å². The number of carbonyl (C=O) groups is 1. The summed E-state index contributed by atoms with van der Waals surface area (Å²) in [6.07, 6.45) is 0. The second-order valence-corrected chi connectivity index (χ2v) is 9.27. The summed E-state index contributed by atoms with van der Waals surface area (Å²) in [4.78, 5) is 20.1. The first kappa shape index (κ1) is 24.5. The van der Waals surface area contributed by atoms with Gasteiger partial charge in [-0.1, -0.05) is 18.2 Å². The number of methoxy groups -OCH3 is 2. The van der Waals surface area contributed by atoms with Crippen LogP contribution in [0.25, 0.3) is 11.0 Å². The number of anilines is 4. The number of ether oxygens (including phenoxy) is 2. The van der Waals surface area contributed by atoms with Crippen molar-refractivity contribution in [1.82, 2.24) is 9.97 Å². The monoisotopic (exact) mass is 508 g/mol. The topological polar surface area (TPSA) is 158 Å². The van der Waals surface area contributed by atoms with Crippen molar-refractivity contribution in [2.24, 2.45) is 5.73 Å². The van der Waals surface area contributed by atoms with Crippen LogP contribution in [0.15, 0.2) is 71.6 Å². The van der Waals surface area contributed by atoms with Crippen LogP contribution in [0.5, 0.6) is 11.5 Å². The highest BCUT2D eigenvalue weighted by Gasteiger charge is 2.20. The number of rotatable bonds is 10. The highest BCUT2D eigenvalue weighted by molar-refractivity contribution is 7.92. The quantitative estimate of drug-likeness (QED) is 0.253. The second kappa shape index (κ2) is 10.4. The first-order chi connectivity index (χ1) is 17.3. The highest BCUT2D eigenvalue weighted by Crippen LogP contribution is 2.31. The van der Waals surface area contributed by atoms with E-state index in [9.17, 15) is 13.2 Å². The van der Waals surface area contributed by atoms with Crippen molar-refractivity contribution in [2.75, 3.05) is 36.1 Å². The molecule has 0 fully saturated rings. The number of nitrogens with one attached hydrogen (secondary N) is 3. The maximum Gasteiger partial charge on any atom is 0.263 e. The van der Waals surface area contributed by atoms with E-state index in [1.807, 2.05) is 6.07 Å². The van der Waals surface area contributed by atoms with Crippen LogP contribution >= 0.6 is 0 Å². The lowest BCUT2D eigenvalue weighted by atomic mass is 10.2. The predicted octanol–water partition coefficient (Wildman–Crippen LogP) is 3.09. The van der Waals surface area contributed by atoms with Crippen LogP contribution in [-0.2, 0) is 14.8 Å². The summed E-state index contributed by atoms with van der Waals surface area (Å²) < 4.78 is 39.7. The third kappa shape index (κ3) is 5.73. The van der Waals surface area contributed by atoms with Crippen molar-refractivity contribution in [1.29, 1.82) is 0 Å². The molecule has 1 amide bonds. The molecule has 3 aromatic carbocycles. The molecule has 4 aromatic rings. The van der Waals surface area contributed by atoms with Crippen LogP contribution in [0.4, 0.5) is 23.0 Å². The zero-order chi connectivity index (χ0) is 25.7. The summed E-state index contributed by atoms with van der Waals surface area (Å²) in [7, 11) is -1.03. The van der Waals surface area contributed by atoms with Crippen LogP contribution in [0.3, 0.4) is 0 Å². The number of hydrogen-bond donors (Lipinski definition) is 4. The molecule has 0 saturated heterocycles. The molecule has 0 spiro atoms. The Morgan fingerprint density at radius 2 is 1.50 bits per heavy atom. The molecule has 0 bridgehead atoms. The maximum atomic E-state index is 13.3. The largest absolute Gasteiger partial charge is 0.497 e. The molecule has 11 nitrogen and oxygen atoms in total. The first-order valence-electron chi connectivity index (χ1n) is 10.7. The normalized spacial score (nSPS) is 11.1. The molecule has 5 N–H and O–H groups in total. The number of benzene rings is 3. The van der Waals surface area contributed by atoms with Crippen molar-refractivity contribution >= 4 is 50.0 Å². The van der Waals surface area contributed by atoms with Gasteiger partial charge in [-0.2, -0.15) is 0 Å². The van der Waals surface area contributed by atoms with E-state index >= 15 is 0 Å². The molecule has 0 unspecified atom stereocenters. The van der Waals surface area contributed by atoms with E-state index in [2.05, 4.69) is 25.3 Å². The summed E-state index contributed by atoms with van der Waals surface area (Å²) in [5.74, 6) is 0.667. The van der Waals surface area contributed by atoms with E-state index in [4.69, 9.17) is 15.2 Å². The van der Waals surface area contributed by atoms with Gasteiger partial charge in [0.2, 0.25) is 5.91 Å². The van der Waals surface area contributed by atoms with Gasteiger partial charge in [0.25, 0.3) is 10.0 Å². The van der Waals surface area contributed by atoms with E-state index in [1.54, 1.807) is 48.5 Å². The van der Waals surface area contributed by atoms with Gasteiger partial charge in [0.15, 0.2) is 11.6 Å². The molecule has 0 aliphatic rings. The molecule has 4 rings (SSSR count). The lowest BCUT2D eigenvalue weighted by Crippen LogP contribution is -2.22. The van der Waals surface area contributed by atoms with E-state index in [0.29, 0.717) is 33.9 Å². The molecule has 0 saturated carbocycles. The molecular formula is C24H24N6O5S.